The summed E-state index contributed by atoms with van der Waals surface area (Å²) in [6, 6.07) is 0. The molecule has 1 aliphatic heterocycles. The van der Waals surface area contributed by atoms with Gasteiger partial charge >= 0.3 is 0 Å². The van der Waals surface area contributed by atoms with Gasteiger partial charge in [0.15, 0.2) is 0 Å². The molecule has 5 nitrogen and oxygen atoms in total. The Balaban J connectivity index is 2.52. The maximum absolute atomic E-state index is 9.17. The molecule has 1 rings (SSSR count). The molecular formula is C6H12NO4. The van der Waals surface area contributed by atoms with Gasteiger partial charge in [-0.3, -0.25) is 0 Å². The number of ether oxygens (including phenoxy) is 1. The van der Waals surface area contributed by atoms with Gasteiger partial charge in [0.05, 0.1) is 6.10 Å². The number of hydrogen-bond acceptors (Lipinski definition) is 5. The molecule has 1 fully saturated rings. The molecule has 0 amide bonds. The van der Waals surface area contributed by atoms with Crippen LogP contribution in [0.25, 0.3) is 0 Å². The van der Waals surface area contributed by atoms with Crippen LogP contribution in [-0.2, 0) is 4.74 Å². The van der Waals surface area contributed by atoms with Gasteiger partial charge in [-0.2, -0.15) is 0 Å². The fourth-order valence-electron chi connectivity index (χ4n) is 0.959. The van der Waals surface area contributed by atoms with E-state index in [0.29, 0.717) is 0 Å². The number of nitrogens with two attached hydrogens (primary N) is 1. The van der Waals surface area contributed by atoms with Crippen LogP contribution in [0.4, 0.5) is 0 Å². The highest BCUT2D eigenvalue weighted by Crippen LogP contribution is 2.16. The minimum absolute atomic E-state index is 0.113. The zero-order valence-electron chi connectivity index (χ0n) is 5.92. The van der Waals surface area contributed by atoms with Crippen molar-refractivity contribution in [3.8, 4) is 0 Å². The lowest BCUT2D eigenvalue weighted by atomic mass is 10.0. The normalized spacial score (nSPS) is 45.8. The molecule has 65 valence electrons. The molecule has 0 aromatic rings. The fraction of sp³-hybridized carbons (Fsp3) is 0.833. The van der Waals surface area contributed by atoms with E-state index in [-0.39, 0.29) is 6.54 Å². The summed E-state index contributed by atoms with van der Waals surface area (Å²) in [4.78, 5) is 0. The van der Waals surface area contributed by atoms with E-state index in [0.717, 1.165) is 6.61 Å². The molecule has 4 atom stereocenters. The Kier molecular flexibility index (Phi) is 2.80. The summed E-state index contributed by atoms with van der Waals surface area (Å²) >= 11 is 0. The van der Waals surface area contributed by atoms with Gasteiger partial charge in [-0.1, -0.05) is 0 Å². The molecule has 0 aromatic carbocycles. The molecule has 0 unspecified atom stereocenters. The monoisotopic (exact) mass is 162 g/mol. The highest BCUT2D eigenvalue weighted by atomic mass is 16.5. The first-order valence-corrected chi connectivity index (χ1v) is 3.40. The van der Waals surface area contributed by atoms with Gasteiger partial charge in [0.25, 0.3) is 0 Å². The van der Waals surface area contributed by atoms with Crippen LogP contribution in [0.2, 0.25) is 0 Å². The summed E-state index contributed by atoms with van der Waals surface area (Å²) in [5.74, 6) is 0. The Morgan fingerprint density at radius 1 is 1.27 bits per heavy atom. The highest BCUT2D eigenvalue weighted by molar-refractivity contribution is 4.91. The number of rotatable bonds is 1. The molecule has 11 heavy (non-hydrogen) atoms. The molecule has 5 N–H and O–H groups in total. The Labute approximate surface area is 64.4 Å². The van der Waals surface area contributed by atoms with E-state index in [1.54, 1.807) is 0 Å². The van der Waals surface area contributed by atoms with Crippen molar-refractivity contribution in [2.45, 2.75) is 24.4 Å². The fourth-order valence-corrected chi connectivity index (χ4v) is 0.959. The molecule has 1 aliphatic rings. The van der Waals surface area contributed by atoms with Crippen LogP contribution in [0, 0.1) is 6.61 Å². The van der Waals surface area contributed by atoms with Crippen molar-refractivity contribution in [2.75, 3.05) is 6.54 Å². The van der Waals surface area contributed by atoms with E-state index in [1.165, 1.54) is 0 Å². The first-order valence-electron chi connectivity index (χ1n) is 3.40. The molecule has 1 saturated heterocycles. The van der Waals surface area contributed by atoms with Crippen LogP contribution in [0.15, 0.2) is 0 Å². The van der Waals surface area contributed by atoms with Crippen molar-refractivity contribution in [1.29, 1.82) is 0 Å². The lowest BCUT2D eigenvalue weighted by Crippen LogP contribution is -2.53. The first-order chi connectivity index (χ1) is 5.16. The summed E-state index contributed by atoms with van der Waals surface area (Å²) in [5.41, 5.74) is 5.20. The molecule has 1 heterocycles. The standard InChI is InChI=1S/C6H12NO4/c7-1-4-6(10)5(9)3(8)2-11-4/h2-6,8-10H,1,7H2/t3-,4+,5+,6-/m0/s1. The summed E-state index contributed by atoms with van der Waals surface area (Å²) in [5, 5.41) is 27.2. The second-order valence-corrected chi connectivity index (χ2v) is 2.52. The average Bonchev–Trinajstić information content (AvgIpc) is 2.01. The topological polar surface area (TPSA) is 95.9 Å². The summed E-state index contributed by atoms with van der Waals surface area (Å²) < 4.78 is 4.81. The maximum Gasteiger partial charge on any atom is 0.115 e. The molecule has 0 bridgehead atoms. The molecule has 0 saturated carbocycles. The minimum atomic E-state index is -1.20. The molecule has 0 aliphatic carbocycles. The van der Waals surface area contributed by atoms with Crippen molar-refractivity contribution >= 4 is 0 Å². The van der Waals surface area contributed by atoms with E-state index in [2.05, 4.69) is 0 Å². The van der Waals surface area contributed by atoms with Crippen molar-refractivity contribution in [2.24, 2.45) is 5.73 Å². The molecular weight excluding hydrogens is 150 g/mol. The van der Waals surface area contributed by atoms with E-state index in [1.807, 2.05) is 0 Å². The van der Waals surface area contributed by atoms with E-state index >= 15 is 0 Å². The van der Waals surface area contributed by atoms with Gasteiger partial charge in [-0.15, -0.1) is 0 Å². The zero-order valence-corrected chi connectivity index (χ0v) is 5.92. The highest BCUT2D eigenvalue weighted by Gasteiger charge is 2.36. The lowest BCUT2D eigenvalue weighted by Gasteiger charge is -2.33. The predicted molar refractivity (Wildman–Crippen MR) is 36.2 cm³/mol. The molecule has 1 radical (unpaired) electrons. The van der Waals surface area contributed by atoms with Crippen molar-refractivity contribution in [1.82, 2.24) is 0 Å². The van der Waals surface area contributed by atoms with E-state index in [4.69, 9.17) is 20.7 Å². The van der Waals surface area contributed by atoms with Crippen LogP contribution in [0.1, 0.15) is 0 Å². The largest absolute Gasteiger partial charge is 0.388 e. The third-order valence-electron chi connectivity index (χ3n) is 1.71. The Bertz CT molecular complexity index is 130. The quantitative estimate of drug-likeness (QED) is 0.344. The summed E-state index contributed by atoms with van der Waals surface area (Å²) in [6.45, 7) is 1.19. The van der Waals surface area contributed by atoms with Crippen LogP contribution in [-0.4, -0.2) is 46.3 Å². The average molecular weight is 162 g/mol. The number of aliphatic hydroxyl groups excluding tert-OH is 3. The summed E-state index contributed by atoms with van der Waals surface area (Å²) in [6.07, 6.45) is -4.06. The molecule has 0 spiro atoms. The first kappa shape index (κ1) is 8.89. The number of hydrogen-bond donors (Lipinski definition) is 4. The second-order valence-electron chi connectivity index (χ2n) is 2.52. The Morgan fingerprint density at radius 3 is 2.45 bits per heavy atom. The smallest absolute Gasteiger partial charge is 0.115 e. The van der Waals surface area contributed by atoms with Crippen LogP contribution in [0.5, 0.6) is 0 Å². The van der Waals surface area contributed by atoms with Crippen molar-refractivity contribution in [3.63, 3.8) is 0 Å². The molecule has 0 aromatic heterocycles. The van der Waals surface area contributed by atoms with E-state index < -0.39 is 24.4 Å². The van der Waals surface area contributed by atoms with Crippen molar-refractivity contribution in [3.05, 3.63) is 6.61 Å². The lowest BCUT2D eigenvalue weighted by molar-refractivity contribution is -0.157. The third-order valence-corrected chi connectivity index (χ3v) is 1.71. The van der Waals surface area contributed by atoms with Crippen LogP contribution in [0.3, 0.4) is 0 Å². The van der Waals surface area contributed by atoms with E-state index in [9.17, 15) is 5.11 Å². The SMILES string of the molecule is NC[C@H]1O[CH][C@H](O)[C@@H](O)[C@H]1O. The van der Waals surface area contributed by atoms with Crippen LogP contribution >= 0.6 is 0 Å². The zero-order chi connectivity index (χ0) is 8.43. The Morgan fingerprint density at radius 2 is 1.91 bits per heavy atom. The van der Waals surface area contributed by atoms with Gasteiger partial charge in [0.1, 0.15) is 24.9 Å². The van der Waals surface area contributed by atoms with Gasteiger partial charge < -0.3 is 25.8 Å². The van der Waals surface area contributed by atoms with Gasteiger partial charge in [0, 0.05) is 6.54 Å². The Hall–Kier alpha value is -0.200. The third kappa shape index (κ3) is 1.69. The number of aliphatic hydroxyl groups is 3. The summed E-state index contributed by atoms with van der Waals surface area (Å²) in [7, 11) is 0. The van der Waals surface area contributed by atoms with Gasteiger partial charge in [-0.25, -0.2) is 0 Å². The van der Waals surface area contributed by atoms with Crippen LogP contribution < -0.4 is 5.73 Å². The van der Waals surface area contributed by atoms with Gasteiger partial charge in [-0.05, 0) is 0 Å². The predicted octanol–water partition coefficient (Wildman–Crippen LogP) is -2.41. The van der Waals surface area contributed by atoms with Gasteiger partial charge in [0.2, 0.25) is 0 Å². The molecule has 5 heteroatoms. The minimum Gasteiger partial charge on any atom is -0.388 e. The maximum atomic E-state index is 9.17. The second kappa shape index (κ2) is 3.46. The van der Waals surface area contributed by atoms with Crippen molar-refractivity contribution < 1.29 is 20.1 Å².